The number of anilines is 1. The Hall–Kier alpha value is -4.35. The summed E-state index contributed by atoms with van der Waals surface area (Å²) in [6, 6.07) is 7.82. The average molecular weight is 495 g/mol. The quantitative estimate of drug-likeness (QED) is 0.408. The molecule has 1 saturated carbocycles. The number of hydrogen-bond donors (Lipinski definition) is 1. The summed E-state index contributed by atoms with van der Waals surface area (Å²) in [5, 5.41) is 8.21. The van der Waals surface area contributed by atoms with Crippen molar-refractivity contribution in [2.24, 2.45) is 13.0 Å². The van der Waals surface area contributed by atoms with Crippen LogP contribution >= 0.6 is 0 Å². The molecule has 1 aliphatic rings. The Morgan fingerprint density at radius 3 is 2.64 bits per heavy atom. The van der Waals surface area contributed by atoms with Crippen molar-refractivity contribution in [2.45, 2.75) is 26.0 Å². The van der Waals surface area contributed by atoms with Gasteiger partial charge in [0.05, 0.1) is 41.1 Å². The molecule has 1 fully saturated rings. The molecule has 3 heterocycles. The van der Waals surface area contributed by atoms with Crippen molar-refractivity contribution < 1.29 is 23.1 Å². The molecule has 2 N–H and O–H groups in total. The molecular weight excluding hydrogens is 472 g/mol. The summed E-state index contributed by atoms with van der Waals surface area (Å²) in [5.41, 5.74) is 8.12. The van der Waals surface area contributed by atoms with Crippen molar-refractivity contribution in [2.75, 3.05) is 12.8 Å². The van der Waals surface area contributed by atoms with Crippen LogP contribution in [-0.2, 0) is 18.4 Å². The van der Waals surface area contributed by atoms with Gasteiger partial charge in [0.15, 0.2) is 0 Å². The number of ether oxygens (including phenoxy) is 1. The third kappa shape index (κ3) is 4.37. The van der Waals surface area contributed by atoms with E-state index < -0.39 is 12.5 Å². The smallest absolute Gasteiger partial charge is 0.387 e. The number of alkyl halides is 2. The van der Waals surface area contributed by atoms with Crippen LogP contribution in [0.25, 0.3) is 21.8 Å². The monoisotopic (exact) mass is 495 g/mol. The zero-order valence-corrected chi connectivity index (χ0v) is 19.6. The standard InChI is InChI=1S/C24H23F2N7O3/c1-31-20-17-9-14(5-8-19(17)30-21(27)18(20)11-29-31)23(35)33(32(2)22(34)13-3-4-13)12-15-6-7-16(10-28-15)36-24(25)26/h5-11,13,24H,3-4,12H2,1-2H3,(H2,27,30). The number of aromatic nitrogens is 4. The lowest BCUT2D eigenvalue weighted by atomic mass is 10.1. The number of fused-ring (bicyclic) bond motifs is 3. The molecule has 3 aromatic heterocycles. The van der Waals surface area contributed by atoms with Gasteiger partial charge in [0, 0.05) is 31.0 Å². The molecule has 5 rings (SSSR count). The Morgan fingerprint density at radius 2 is 1.97 bits per heavy atom. The molecule has 2 amide bonds. The number of hydrogen-bond acceptors (Lipinski definition) is 7. The Bertz CT molecular complexity index is 1470. The third-order valence-electron chi connectivity index (χ3n) is 6.13. The molecule has 1 aliphatic carbocycles. The Kier molecular flexibility index (Phi) is 5.86. The van der Waals surface area contributed by atoms with Crippen LogP contribution in [0.15, 0.2) is 42.7 Å². The van der Waals surface area contributed by atoms with Gasteiger partial charge in [-0.15, -0.1) is 0 Å². The lowest BCUT2D eigenvalue weighted by molar-refractivity contribution is -0.144. The number of nitrogen functional groups attached to an aromatic ring is 1. The van der Waals surface area contributed by atoms with Crippen LogP contribution in [0, 0.1) is 5.92 Å². The van der Waals surface area contributed by atoms with E-state index in [0.717, 1.165) is 24.6 Å². The van der Waals surface area contributed by atoms with Crippen LogP contribution in [0.3, 0.4) is 0 Å². The molecule has 10 nitrogen and oxygen atoms in total. The highest BCUT2D eigenvalue weighted by Gasteiger charge is 2.36. The molecule has 186 valence electrons. The maximum atomic E-state index is 13.7. The van der Waals surface area contributed by atoms with Gasteiger partial charge in [-0.1, -0.05) is 0 Å². The van der Waals surface area contributed by atoms with Gasteiger partial charge in [0.25, 0.3) is 5.91 Å². The molecule has 12 heteroatoms. The van der Waals surface area contributed by atoms with Crippen molar-refractivity contribution in [1.29, 1.82) is 0 Å². The van der Waals surface area contributed by atoms with Crippen LogP contribution in [0.4, 0.5) is 14.6 Å². The molecule has 0 unspecified atom stereocenters. The number of nitrogens with zero attached hydrogens (tertiary/aromatic N) is 6. The van der Waals surface area contributed by atoms with Crippen LogP contribution in [0.5, 0.6) is 5.75 Å². The summed E-state index contributed by atoms with van der Waals surface area (Å²) < 4.78 is 30.9. The summed E-state index contributed by atoms with van der Waals surface area (Å²) in [4.78, 5) is 35.1. The topological polar surface area (TPSA) is 119 Å². The van der Waals surface area contributed by atoms with E-state index in [4.69, 9.17) is 5.73 Å². The van der Waals surface area contributed by atoms with Gasteiger partial charge in [-0.2, -0.15) is 13.9 Å². The fourth-order valence-corrected chi connectivity index (χ4v) is 4.10. The van der Waals surface area contributed by atoms with Gasteiger partial charge in [0.1, 0.15) is 11.6 Å². The van der Waals surface area contributed by atoms with Crippen LogP contribution in [-0.4, -0.2) is 55.2 Å². The number of pyridine rings is 2. The molecule has 0 radical (unpaired) electrons. The minimum Gasteiger partial charge on any atom is -0.433 e. The summed E-state index contributed by atoms with van der Waals surface area (Å²) in [5.74, 6) is -0.500. The Balaban J connectivity index is 1.51. The second-order valence-electron chi connectivity index (χ2n) is 8.62. The number of carbonyl (C=O) groups excluding carboxylic acids is 2. The van der Waals surface area contributed by atoms with E-state index >= 15 is 0 Å². The highest BCUT2D eigenvalue weighted by Crippen LogP contribution is 2.32. The molecule has 36 heavy (non-hydrogen) atoms. The number of benzene rings is 1. The predicted octanol–water partition coefficient (Wildman–Crippen LogP) is 3.13. The number of nitrogens with two attached hydrogens (primary N) is 1. The van der Waals surface area contributed by atoms with Crippen molar-refractivity contribution in [1.82, 2.24) is 29.8 Å². The maximum Gasteiger partial charge on any atom is 0.387 e. The number of carbonyl (C=O) groups is 2. The lowest BCUT2D eigenvalue weighted by Gasteiger charge is -2.32. The van der Waals surface area contributed by atoms with E-state index in [-0.39, 0.29) is 24.1 Å². The first-order valence-corrected chi connectivity index (χ1v) is 11.2. The lowest BCUT2D eigenvalue weighted by Crippen LogP contribution is -2.47. The van der Waals surface area contributed by atoms with E-state index in [1.54, 1.807) is 36.1 Å². The molecule has 0 atom stereocenters. The fraction of sp³-hybridized carbons (Fsp3) is 0.292. The summed E-state index contributed by atoms with van der Waals surface area (Å²) >= 11 is 0. The van der Waals surface area contributed by atoms with Gasteiger partial charge >= 0.3 is 6.61 Å². The molecular formula is C24H23F2N7O3. The molecule has 0 bridgehead atoms. The Morgan fingerprint density at radius 1 is 1.19 bits per heavy atom. The second-order valence-corrected chi connectivity index (χ2v) is 8.62. The minimum atomic E-state index is -2.97. The largest absolute Gasteiger partial charge is 0.433 e. The molecule has 0 aliphatic heterocycles. The number of aryl methyl sites for hydroxylation is 1. The van der Waals surface area contributed by atoms with E-state index in [2.05, 4.69) is 19.8 Å². The van der Waals surface area contributed by atoms with E-state index in [1.807, 2.05) is 0 Å². The zero-order valence-electron chi connectivity index (χ0n) is 19.6. The highest BCUT2D eigenvalue weighted by atomic mass is 19.3. The number of rotatable bonds is 6. The summed E-state index contributed by atoms with van der Waals surface area (Å²) in [6.07, 6.45) is 4.31. The average Bonchev–Trinajstić information content (AvgIpc) is 3.63. The number of amides is 2. The van der Waals surface area contributed by atoms with Gasteiger partial charge in [-0.3, -0.25) is 24.3 Å². The van der Waals surface area contributed by atoms with Crippen molar-refractivity contribution >= 4 is 39.4 Å². The number of hydrazine groups is 1. The van der Waals surface area contributed by atoms with Gasteiger partial charge in [-0.05, 0) is 43.2 Å². The van der Waals surface area contributed by atoms with Crippen molar-refractivity contribution in [3.63, 3.8) is 0 Å². The van der Waals surface area contributed by atoms with Gasteiger partial charge in [-0.25, -0.2) is 9.99 Å². The molecule has 1 aromatic carbocycles. The SMILES string of the molecule is CN(C(=O)C1CC1)N(Cc1ccc(OC(F)F)cn1)C(=O)c1ccc2nc(N)c3cnn(C)c3c2c1. The Labute approximate surface area is 204 Å². The van der Waals surface area contributed by atoms with Gasteiger partial charge < -0.3 is 10.5 Å². The zero-order chi connectivity index (χ0) is 25.6. The van der Waals surface area contributed by atoms with Crippen LogP contribution in [0.1, 0.15) is 28.9 Å². The number of halogens is 2. The predicted molar refractivity (Wildman–Crippen MR) is 127 cm³/mol. The van der Waals surface area contributed by atoms with Crippen molar-refractivity contribution in [3.05, 3.63) is 54.0 Å². The minimum absolute atomic E-state index is 0.0537. The first-order chi connectivity index (χ1) is 17.2. The molecule has 0 spiro atoms. The van der Waals surface area contributed by atoms with E-state index in [1.165, 1.54) is 29.2 Å². The maximum absolute atomic E-state index is 13.7. The second kappa shape index (κ2) is 9.02. The fourth-order valence-electron chi connectivity index (χ4n) is 4.10. The molecule has 4 aromatic rings. The first-order valence-electron chi connectivity index (χ1n) is 11.2. The summed E-state index contributed by atoms with van der Waals surface area (Å²) in [7, 11) is 3.31. The first kappa shape index (κ1) is 23.4. The normalized spacial score (nSPS) is 13.4. The third-order valence-corrected chi connectivity index (χ3v) is 6.13. The molecule has 0 saturated heterocycles. The van der Waals surface area contributed by atoms with E-state index in [9.17, 15) is 18.4 Å². The summed E-state index contributed by atoms with van der Waals surface area (Å²) in [6.45, 7) is -3.02. The van der Waals surface area contributed by atoms with E-state index in [0.29, 0.717) is 33.4 Å². The van der Waals surface area contributed by atoms with Crippen LogP contribution in [0.2, 0.25) is 0 Å². The highest BCUT2D eigenvalue weighted by molar-refractivity contribution is 6.10. The van der Waals surface area contributed by atoms with Crippen LogP contribution < -0.4 is 10.5 Å². The van der Waals surface area contributed by atoms with Crippen molar-refractivity contribution in [3.8, 4) is 5.75 Å². The van der Waals surface area contributed by atoms with Gasteiger partial charge in [0.2, 0.25) is 5.91 Å².